The predicted octanol–water partition coefficient (Wildman–Crippen LogP) is 5.31. The lowest BCUT2D eigenvalue weighted by Gasteiger charge is -2.15. The van der Waals surface area contributed by atoms with Crippen molar-refractivity contribution in [2.75, 3.05) is 5.32 Å². The smallest absolute Gasteiger partial charge is 0.242 e. The van der Waals surface area contributed by atoms with Crippen molar-refractivity contribution >= 4 is 34.7 Å². The summed E-state index contributed by atoms with van der Waals surface area (Å²) in [7, 11) is 0. The van der Waals surface area contributed by atoms with Crippen LogP contribution in [0.4, 0.5) is 5.69 Å². The Morgan fingerprint density at radius 1 is 1.07 bits per heavy atom. The number of anilines is 1. The van der Waals surface area contributed by atoms with Gasteiger partial charge in [-0.05, 0) is 36.1 Å². The molecular formula is C21H18N4OS2. The van der Waals surface area contributed by atoms with Gasteiger partial charge in [0, 0.05) is 5.69 Å². The number of amides is 1. The zero-order valence-electron chi connectivity index (χ0n) is 15.1. The molecule has 0 aliphatic heterocycles. The topological polar surface area (TPSA) is 70.7 Å². The van der Waals surface area contributed by atoms with E-state index in [2.05, 4.69) is 20.5 Å². The molecule has 1 atom stereocenters. The summed E-state index contributed by atoms with van der Waals surface area (Å²) >= 11 is 2.92. The molecule has 28 heavy (non-hydrogen) atoms. The van der Waals surface area contributed by atoms with Gasteiger partial charge in [-0.25, -0.2) is 4.98 Å². The minimum atomic E-state index is -0.463. The lowest BCUT2D eigenvalue weighted by Crippen LogP contribution is -2.19. The summed E-state index contributed by atoms with van der Waals surface area (Å²) in [6.07, 6.45) is 0. The molecule has 140 valence electrons. The summed E-state index contributed by atoms with van der Waals surface area (Å²) in [6, 6.07) is 21.4. The largest absolute Gasteiger partial charge is 0.325 e. The third kappa shape index (κ3) is 4.32. The standard InChI is InChI=1S/C21H18N4OS2/c1-14-9-11-16(12-10-14)22-20(26)18(15-6-3-2-4-7-15)28-21-23-19(24-25-21)17-8-5-13-27-17/h2-13,18H,1H3,(H,22,26)(H,23,24,25)/t18-/m1/s1. The summed E-state index contributed by atoms with van der Waals surface area (Å²) in [4.78, 5) is 18.6. The molecule has 2 N–H and O–H groups in total. The number of hydrogen-bond donors (Lipinski definition) is 2. The number of nitrogens with zero attached hydrogens (tertiary/aromatic N) is 2. The van der Waals surface area contributed by atoms with E-state index < -0.39 is 5.25 Å². The lowest BCUT2D eigenvalue weighted by molar-refractivity contribution is -0.115. The number of hydrogen-bond acceptors (Lipinski definition) is 5. The maximum atomic E-state index is 13.0. The van der Waals surface area contributed by atoms with E-state index in [4.69, 9.17) is 0 Å². The fraction of sp³-hybridized carbons (Fsp3) is 0.0952. The van der Waals surface area contributed by atoms with Crippen molar-refractivity contribution < 1.29 is 4.79 Å². The molecule has 4 aromatic rings. The van der Waals surface area contributed by atoms with E-state index in [0.29, 0.717) is 11.0 Å². The summed E-state index contributed by atoms with van der Waals surface area (Å²) in [5.41, 5.74) is 2.82. The molecule has 0 radical (unpaired) electrons. The Morgan fingerprint density at radius 2 is 1.86 bits per heavy atom. The maximum absolute atomic E-state index is 13.0. The fourth-order valence-electron chi connectivity index (χ4n) is 2.67. The van der Waals surface area contributed by atoms with Gasteiger partial charge in [0.15, 0.2) is 5.82 Å². The maximum Gasteiger partial charge on any atom is 0.242 e. The van der Waals surface area contributed by atoms with Crippen LogP contribution in [0.2, 0.25) is 0 Å². The molecule has 0 unspecified atom stereocenters. The van der Waals surface area contributed by atoms with Gasteiger partial charge in [0.2, 0.25) is 11.1 Å². The molecule has 5 nitrogen and oxygen atoms in total. The van der Waals surface area contributed by atoms with Crippen LogP contribution in [0.15, 0.2) is 77.3 Å². The molecule has 7 heteroatoms. The Bertz CT molecular complexity index is 1040. The minimum Gasteiger partial charge on any atom is -0.325 e. The van der Waals surface area contributed by atoms with E-state index in [1.54, 1.807) is 11.3 Å². The number of H-pyrrole nitrogens is 1. The van der Waals surface area contributed by atoms with Gasteiger partial charge in [0.1, 0.15) is 5.25 Å². The van der Waals surface area contributed by atoms with Gasteiger partial charge in [-0.3, -0.25) is 9.89 Å². The number of nitrogens with one attached hydrogen (secondary N) is 2. The lowest BCUT2D eigenvalue weighted by atomic mass is 10.1. The second-order valence-electron chi connectivity index (χ2n) is 6.21. The number of benzene rings is 2. The minimum absolute atomic E-state index is 0.109. The van der Waals surface area contributed by atoms with Gasteiger partial charge in [-0.15, -0.1) is 16.4 Å². The predicted molar refractivity (Wildman–Crippen MR) is 115 cm³/mol. The molecule has 1 amide bonds. The van der Waals surface area contributed by atoms with Crippen molar-refractivity contribution in [2.45, 2.75) is 17.3 Å². The number of thiophene rings is 1. The van der Waals surface area contributed by atoms with E-state index in [9.17, 15) is 4.79 Å². The Labute approximate surface area is 171 Å². The van der Waals surface area contributed by atoms with Crippen LogP contribution < -0.4 is 5.32 Å². The Balaban J connectivity index is 1.57. The molecule has 0 spiro atoms. The van der Waals surface area contributed by atoms with Gasteiger partial charge in [0.05, 0.1) is 4.88 Å². The number of carbonyl (C=O) groups excluding carboxylic acids is 1. The number of thioether (sulfide) groups is 1. The van der Waals surface area contributed by atoms with Crippen LogP contribution in [0.5, 0.6) is 0 Å². The highest BCUT2D eigenvalue weighted by Gasteiger charge is 2.24. The summed E-state index contributed by atoms with van der Waals surface area (Å²) < 4.78 is 0. The number of aromatic nitrogens is 3. The van der Waals surface area contributed by atoms with E-state index in [1.807, 2.05) is 79.0 Å². The molecule has 0 saturated carbocycles. The highest BCUT2D eigenvalue weighted by atomic mass is 32.2. The highest BCUT2D eigenvalue weighted by molar-refractivity contribution is 8.00. The quantitative estimate of drug-likeness (QED) is 0.426. The first-order valence-corrected chi connectivity index (χ1v) is 10.5. The average Bonchev–Trinajstić information content (AvgIpc) is 3.40. The van der Waals surface area contributed by atoms with Gasteiger partial charge in [0.25, 0.3) is 0 Å². The molecule has 0 fully saturated rings. The molecule has 0 aliphatic rings. The first-order valence-electron chi connectivity index (χ1n) is 8.74. The normalized spacial score (nSPS) is 11.9. The van der Waals surface area contributed by atoms with Crippen LogP contribution in [0.1, 0.15) is 16.4 Å². The fourth-order valence-corrected chi connectivity index (χ4v) is 4.25. The summed E-state index contributed by atoms with van der Waals surface area (Å²) in [5, 5.41) is 12.3. The molecule has 0 aliphatic carbocycles. The van der Waals surface area contributed by atoms with Crippen LogP contribution in [-0.4, -0.2) is 21.1 Å². The van der Waals surface area contributed by atoms with Crippen molar-refractivity contribution in [3.63, 3.8) is 0 Å². The summed E-state index contributed by atoms with van der Waals surface area (Å²) in [5.74, 6) is 0.603. The number of carbonyl (C=O) groups is 1. The van der Waals surface area contributed by atoms with E-state index in [1.165, 1.54) is 11.8 Å². The second kappa shape index (κ2) is 8.41. The average molecular weight is 407 g/mol. The molecule has 4 rings (SSSR count). The number of aryl methyl sites for hydroxylation is 1. The van der Waals surface area contributed by atoms with Crippen molar-refractivity contribution in [1.82, 2.24) is 15.2 Å². The van der Waals surface area contributed by atoms with Crippen LogP contribution in [-0.2, 0) is 4.79 Å². The molecule has 0 bridgehead atoms. The van der Waals surface area contributed by atoms with Crippen molar-refractivity contribution in [3.8, 4) is 10.7 Å². The van der Waals surface area contributed by atoms with E-state index in [0.717, 1.165) is 21.7 Å². The molecular weight excluding hydrogens is 388 g/mol. The molecule has 2 heterocycles. The van der Waals surface area contributed by atoms with E-state index in [-0.39, 0.29) is 5.91 Å². The SMILES string of the molecule is Cc1ccc(NC(=O)[C@H](Sc2n[nH]c(-c3cccs3)n2)c2ccccc2)cc1. The molecule has 2 aromatic heterocycles. The molecule has 0 saturated heterocycles. The third-order valence-electron chi connectivity index (χ3n) is 4.10. The number of aromatic amines is 1. The van der Waals surface area contributed by atoms with Crippen molar-refractivity contribution in [2.24, 2.45) is 0 Å². The first-order chi connectivity index (χ1) is 13.7. The van der Waals surface area contributed by atoms with Crippen molar-refractivity contribution in [3.05, 3.63) is 83.2 Å². The second-order valence-corrected chi connectivity index (χ2v) is 8.23. The highest BCUT2D eigenvalue weighted by Crippen LogP contribution is 2.35. The monoisotopic (exact) mass is 406 g/mol. The first kappa shape index (κ1) is 18.5. The number of rotatable bonds is 6. The van der Waals surface area contributed by atoms with Crippen LogP contribution in [0.3, 0.4) is 0 Å². The summed E-state index contributed by atoms with van der Waals surface area (Å²) in [6.45, 7) is 2.02. The zero-order valence-corrected chi connectivity index (χ0v) is 16.8. The van der Waals surface area contributed by atoms with Gasteiger partial charge in [-0.2, -0.15) is 0 Å². The van der Waals surface area contributed by atoms with Crippen LogP contribution in [0, 0.1) is 6.92 Å². The Kier molecular flexibility index (Phi) is 5.55. The van der Waals surface area contributed by atoms with Gasteiger partial charge >= 0.3 is 0 Å². The zero-order chi connectivity index (χ0) is 19.3. The van der Waals surface area contributed by atoms with Crippen LogP contribution >= 0.6 is 23.1 Å². The molecule has 2 aromatic carbocycles. The van der Waals surface area contributed by atoms with Gasteiger partial charge < -0.3 is 5.32 Å². The van der Waals surface area contributed by atoms with Gasteiger partial charge in [-0.1, -0.05) is 65.9 Å². The Morgan fingerprint density at radius 3 is 2.57 bits per heavy atom. The van der Waals surface area contributed by atoms with E-state index >= 15 is 0 Å². The Hall–Kier alpha value is -2.90. The van der Waals surface area contributed by atoms with Crippen molar-refractivity contribution in [1.29, 1.82) is 0 Å². The van der Waals surface area contributed by atoms with Crippen LogP contribution in [0.25, 0.3) is 10.7 Å². The third-order valence-corrected chi connectivity index (χ3v) is 6.09.